The van der Waals surface area contributed by atoms with Crippen molar-refractivity contribution in [2.45, 2.75) is 11.1 Å². The summed E-state index contributed by atoms with van der Waals surface area (Å²) < 4.78 is 24.3. The number of hydrazone groups is 1. The largest absolute Gasteiger partial charge is 0.247 e. The molecule has 11 heteroatoms. The highest BCUT2D eigenvalue weighted by Gasteiger charge is 2.19. The number of rotatable bonds is 3. The fourth-order valence-electron chi connectivity index (χ4n) is 1.85. The number of hydrogen-bond acceptors (Lipinski definition) is 6. The summed E-state index contributed by atoms with van der Waals surface area (Å²) in [4.78, 5) is 13.3. The molecule has 2 aromatic rings. The Morgan fingerprint density at radius 3 is 2.79 bits per heavy atom. The van der Waals surface area contributed by atoms with E-state index >= 15 is 0 Å². The van der Waals surface area contributed by atoms with Gasteiger partial charge < -0.3 is 0 Å². The van der Waals surface area contributed by atoms with Crippen LogP contribution in [0.25, 0.3) is 10.7 Å². The molecule has 1 aliphatic heterocycles. The number of aliphatic imine (C=N–C) groups is 1. The van der Waals surface area contributed by atoms with E-state index in [4.69, 9.17) is 16.7 Å². The van der Waals surface area contributed by atoms with Crippen LogP contribution in [0, 0.1) is 0 Å². The first-order valence-electron chi connectivity index (χ1n) is 6.54. The van der Waals surface area contributed by atoms with E-state index in [1.165, 1.54) is 12.3 Å². The van der Waals surface area contributed by atoms with Gasteiger partial charge >= 0.3 is 0 Å². The van der Waals surface area contributed by atoms with Gasteiger partial charge in [0, 0.05) is 6.92 Å². The van der Waals surface area contributed by atoms with Crippen LogP contribution in [0.1, 0.15) is 6.92 Å². The summed E-state index contributed by atoms with van der Waals surface area (Å²) in [5.74, 6) is 1.10. The van der Waals surface area contributed by atoms with Crippen LogP contribution in [0.2, 0.25) is 5.02 Å². The fraction of sp³-hybridized carbons (Fsp3) is 0.0769. The number of hydrogen-bond donors (Lipinski definition) is 2. The van der Waals surface area contributed by atoms with Gasteiger partial charge in [-0.25, -0.2) is 28.5 Å². The maximum atomic E-state index is 11.4. The molecule has 24 heavy (non-hydrogen) atoms. The smallest absolute Gasteiger partial charge is 0.234 e. The summed E-state index contributed by atoms with van der Waals surface area (Å²) in [7, 11) is -3.76. The lowest BCUT2D eigenvalue weighted by Crippen LogP contribution is -2.23. The predicted octanol–water partition coefficient (Wildman–Crippen LogP) is 1.67. The topological polar surface area (TPSA) is 113 Å². The van der Waals surface area contributed by atoms with Gasteiger partial charge in [0.25, 0.3) is 0 Å². The van der Waals surface area contributed by atoms with Crippen LogP contribution >= 0.6 is 22.9 Å². The van der Waals surface area contributed by atoms with Gasteiger partial charge in [0.15, 0.2) is 24.2 Å². The molecule has 0 bridgehead atoms. The Morgan fingerprint density at radius 2 is 2.21 bits per heavy atom. The number of nitrogens with zero attached hydrogens (tertiary/aromatic N) is 4. The molecular formula is C13H12ClN6O2S2+. The third-order valence-electron chi connectivity index (χ3n) is 3.05. The molecule has 0 saturated carbocycles. The van der Waals surface area contributed by atoms with Crippen molar-refractivity contribution in [3.63, 3.8) is 0 Å². The van der Waals surface area contributed by atoms with E-state index in [2.05, 4.69) is 27.1 Å². The number of nitrogens with two attached hydrogens (primary N) is 1. The molecule has 0 aromatic carbocycles. The van der Waals surface area contributed by atoms with Gasteiger partial charge in [-0.15, -0.1) is 16.8 Å². The quantitative estimate of drug-likeness (QED) is 0.782. The monoisotopic (exact) mass is 383 g/mol. The van der Waals surface area contributed by atoms with Gasteiger partial charge in [-0.05, 0) is 12.1 Å². The van der Waals surface area contributed by atoms with Gasteiger partial charge in [0.2, 0.25) is 15.7 Å². The summed E-state index contributed by atoms with van der Waals surface area (Å²) >= 11 is 7.07. The molecule has 1 aliphatic rings. The Balaban J connectivity index is 2.00. The third kappa shape index (κ3) is 3.36. The molecule has 3 heterocycles. The van der Waals surface area contributed by atoms with E-state index in [1.54, 1.807) is 16.8 Å². The van der Waals surface area contributed by atoms with Crippen molar-refractivity contribution in [3.8, 4) is 10.7 Å². The first-order valence-corrected chi connectivity index (χ1v) is 9.28. The summed E-state index contributed by atoms with van der Waals surface area (Å²) in [5, 5.41) is 5.38. The normalized spacial score (nSPS) is 16.4. The lowest BCUT2D eigenvalue weighted by molar-refractivity contribution is -0.506. The number of thiophene rings is 1. The summed E-state index contributed by atoms with van der Waals surface area (Å²) in [6.45, 7) is 5.64. The molecule has 0 unspecified atom stereocenters. The van der Waals surface area contributed by atoms with Crippen molar-refractivity contribution in [1.82, 2.24) is 15.4 Å². The molecule has 0 saturated heterocycles. The van der Waals surface area contributed by atoms with Gasteiger partial charge in [-0.1, -0.05) is 16.3 Å². The van der Waals surface area contributed by atoms with Crippen LogP contribution in [0.4, 0.5) is 5.82 Å². The number of halogens is 1. The Labute approximate surface area is 147 Å². The standard InChI is InChI=1S/C13H12ClN6O2S2/c1-7-5-10(19-20(7)2)17-12-8(14)6-16-13(18-12)9-3-4-11(23-9)24(15,21)22/h3-6H,2H2,1H3,(H2,15,21,22)(H,16,17,18,19)/q+1. The van der Waals surface area contributed by atoms with E-state index in [1.807, 2.05) is 6.92 Å². The maximum absolute atomic E-state index is 11.4. The minimum absolute atomic E-state index is 0.0348. The zero-order valence-corrected chi connectivity index (χ0v) is 14.8. The molecule has 0 atom stereocenters. The molecule has 0 amide bonds. The number of sulfonamides is 1. The molecule has 0 fully saturated rings. The summed E-state index contributed by atoms with van der Waals surface area (Å²) in [6, 6.07) is 2.99. The number of allylic oxidation sites excluding steroid dienone is 1. The first kappa shape index (κ1) is 16.7. The number of aromatic nitrogens is 2. The molecule has 0 aliphatic carbocycles. The number of hydrazine groups is 1. The fourth-order valence-corrected chi connectivity index (χ4v) is 3.66. The SMILES string of the molecule is C=[N+]1NC(=Nc2nc(-c3ccc(S(N)(=O)=O)s3)ncc2Cl)C=C1C. The van der Waals surface area contributed by atoms with Crippen molar-refractivity contribution >= 4 is 51.3 Å². The van der Waals surface area contributed by atoms with Crippen LogP contribution in [0.5, 0.6) is 0 Å². The second-order valence-electron chi connectivity index (χ2n) is 4.85. The van der Waals surface area contributed by atoms with E-state index < -0.39 is 10.0 Å². The summed E-state index contributed by atoms with van der Waals surface area (Å²) in [6.07, 6.45) is 3.20. The Kier molecular flexibility index (Phi) is 4.22. The average molecular weight is 384 g/mol. The van der Waals surface area contributed by atoms with Gasteiger partial charge in [0.1, 0.15) is 9.23 Å². The Hall–Kier alpha value is -2.14. The number of nitrogens with one attached hydrogen (secondary N) is 1. The minimum atomic E-state index is -3.76. The lowest BCUT2D eigenvalue weighted by atomic mass is 10.4. The number of primary sulfonamides is 1. The predicted molar refractivity (Wildman–Crippen MR) is 93.1 cm³/mol. The van der Waals surface area contributed by atoms with E-state index in [-0.39, 0.29) is 15.0 Å². The lowest BCUT2D eigenvalue weighted by Gasteiger charge is -2.01. The molecule has 3 N–H and O–H groups in total. The zero-order chi connectivity index (χ0) is 17.5. The highest BCUT2D eigenvalue weighted by molar-refractivity contribution is 7.91. The van der Waals surface area contributed by atoms with Crippen LogP contribution in [0.3, 0.4) is 0 Å². The molecule has 3 rings (SSSR count). The van der Waals surface area contributed by atoms with Crippen molar-refractivity contribution in [1.29, 1.82) is 0 Å². The molecule has 2 aromatic heterocycles. The minimum Gasteiger partial charge on any atom is -0.234 e. The van der Waals surface area contributed by atoms with Gasteiger partial charge in [-0.2, -0.15) is 0 Å². The van der Waals surface area contributed by atoms with E-state index in [9.17, 15) is 8.42 Å². The Morgan fingerprint density at radius 1 is 1.46 bits per heavy atom. The third-order valence-corrected chi connectivity index (χ3v) is 5.84. The highest BCUT2D eigenvalue weighted by atomic mass is 35.5. The first-order chi connectivity index (χ1) is 11.2. The van der Waals surface area contributed by atoms with Crippen molar-refractivity contribution in [2.75, 3.05) is 0 Å². The average Bonchev–Trinajstić information content (AvgIpc) is 3.09. The molecule has 124 valence electrons. The second-order valence-corrected chi connectivity index (χ2v) is 8.13. The van der Waals surface area contributed by atoms with Gasteiger partial charge in [0.05, 0.1) is 17.2 Å². The van der Waals surface area contributed by atoms with E-state index in [0.717, 1.165) is 17.0 Å². The Bertz CT molecular complexity index is 1010. The van der Waals surface area contributed by atoms with Crippen molar-refractivity contribution in [2.24, 2.45) is 10.1 Å². The van der Waals surface area contributed by atoms with Crippen LogP contribution in [-0.4, -0.2) is 35.6 Å². The van der Waals surface area contributed by atoms with Crippen LogP contribution in [0.15, 0.2) is 39.3 Å². The summed E-state index contributed by atoms with van der Waals surface area (Å²) in [5.41, 5.74) is 3.81. The van der Waals surface area contributed by atoms with E-state index in [0.29, 0.717) is 16.5 Å². The molecular weight excluding hydrogens is 372 g/mol. The maximum Gasteiger partial charge on any atom is 0.247 e. The second kappa shape index (κ2) is 6.06. The van der Waals surface area contributed by atoms with Crippen molar-refractivity contribution < 1.29 is 13.1 Å². The van der Waals surface area contributed by atoms with Crippen molar-refractivity contribution in [3.05, 3.63) is 35.1 Å². The molecule has 0 spiro atoms. The van der Waals surface area contributed by atoms with Crippen LogP contribution in [-0.2, 0) is 10.0 Å². The number of amidine groups is 1. The highest BCUT2D eigenvalue weighted by Crippen LogP contribution is 2.31. The molecule has 0 radical (unpaired) electrons. The molecule has 8 nitrogen and oxygen atoms in total. The zero-order valence-electron chi connectivity index (χ0n) is 12.4. The van der Waals surface area contributed by atoms with Crippen LogP contribution < -0.4 is 10.6 Å². The van der Waals surface area contributed by atoms with Gasteiger partial charge in [-0.3, -0.25) is 0 Å².